The molecule has 1 aliphatic carbocycles. The molecule has 1 saturated carbocycles. The van der Waals surface area contributed by atoms with Crippen LogP contribution >= 0.6 is 0 Å². The van der Waals surface area contributed by atoms with Gasteiger partial charge in [-0.1, -0.05) is 0 Å². The van der Waals surface area contributed by atoms with Crippen molar-refractivity contribution in [3.63, 3.8) is 0 Å². The number of pyridine rings is 1. The van der Waals surface area contributed by atoms with Crippen LogP contribution in [0.4, 0.5) is 17.3 Å². The standard InChI is InChI=1S/C19H27N5O/c1-13(2)25-17-6-4-15(5-7-17)24-19-21-11-16(12-22-19)23-18-8-9-20-10-14(18)3/h8-13,15,17H,4-7H2,1-3H3,(H,20,23)(H,21,22,24). The van der Waals surface area contributed by atoms with Gasteiger partial charge in [-0.15, -0.1) is 0 Å². The molecule has 0 bridgehead atoms. The van der Waals surface area contributed by atoms with E-state index in [1.807, 2.05) is 31.6 Å². The molecule has 2 heterocycles. The summed E-state index contributed by atoms with van der Waals surface area (Å²) in [7, 11) is 0. The Balaban J connectivity index is 1.51. The van der Waals surface area contributed by atoms with E-state index in [9.17, 15) is 0 Å². The lowest BCUT2D eigenvalue weighted by Gasteiger charge is -2.30. The lowest BCUT2D eigenvalue weighted by atomic mass is 9.93. The van der Waals surface area contributed by atoms with Crippen molar-refractivity contribution in [2.75, 3.05) is 10.6 Å². The van der Waals surface area contributed by atoms with Crippen molar-refractivity contribution >= 4 is 17.3 Å². The molecule has 134 valence electrons. The molecule has 0 amide bonds. The zero-order valence-electron chi connectivity index (χ0n) is 15.2. The second-order valence-electron chi connectivity index (χ2n) is 6.91. The lowest BCUT2D eigenvalue weighted by molar-refractivity contribution is -0.0133. The summed E-state index contributed by atoms with van der Waals surface area (Å²) in [6.07, 6.45) is 12.3. The van der Waals surface area contributed by atoms with E-state index in [0.29, 0.717) is 24.2 Å². The third-order valence-corrected chi connectivity index (χ3v) is 4.42. The Morgan fingerprint density at radius 2 is 1.80 bits per heavy atom. The largest absolute Gasteiger partial charge is 0.376 e. The van der Waals surface area contributed by atoms with Gasteiger partial charge >= 0.3 is 0 Å². The summed E-state index contributed by atoms with van der Waals surface area (Å²) < 4.78 is 5.90. The van der Waals surface area contributed by atoms with E-state index < -0.39 is 0 Å². The molecule has 2 N–H and O–H groups in total. The maximum Gasteiger partial charge on any atom is 0.222 e. The van der Waals surface area contributed by atoms with Crippen LogP contribution in [-0.2, 0) is 4.74 Å². The molecule has 0 atom stereocenters. The summed E-state index contributed by atoms with van der Waals surface area (Å²) in [6, 6.07) is 2.37. The van der Waals surface area contributed by atoms with Gasteiger partial charge in [0.25, 0.3) is 0 Å². The predicted octanol–water partition coefficient (Wildman–Crippen LogP) is 4.07. The Hall–Kier alpha value is -2.21. The third kappa shape index (κ3) is 5.13. The van der Waals surface area contributed by atoms with E-state index in [-0.39, 0.29) is 0 Å². The number of anilines is 3. The Morgan fingerprint density at radius 1 is 1.08 bits per heavy atom. The number of rotatable bonds is 6. The molecule has 2 aromatic rings. The molecule has 0 aromatic carbocycles. The minimum Gasteiger partial charge on any atom is -0.376 e. The smallest absolute Gasteiger partial charge is 0.222 e. The zero-order chi connectivity index (χ0) is 17.6. The highest BCUT2D eigenvalue weighted by Crippen LogP contribution is 2.24. The van der Waals surface area contributed by atoms with Gasteiger partial charge in [0.1, 0.15) is 0 Å². The summed E-state index contributed by atoms with van der Waals surface area (Å²) in [5.74, 6) is 0.685. The van der Waals surface area contributed by atoms with Crippen LogP contribution in [0, 0.1) is 6.92 Å². The Morgan fingerprint density at radius 3 is 2.44 bits per heavy atom. The molecule has 0 saturated heterocycles. The topological polar surface area (TPSA) is 72.0 Å². The number of aryl methyl sites for hydroxylation is 1. The van der Waals surface area contributed by atoms with Gasteiger partial charge in [-0.05, 0) is 58.1 Å². The second kappa shape index (κ2) is 8.25. The first kappa shape index (κ1) is 17.6. The van der Waals surface area contributed by atoms with E-state index in [1.54, 1.807) is 6.20 Å². The number of nitrogens with one attached hydrogen (secondary N) is 2. The molecule has 25 heavy (non-hydrogen) atoms. The third-order valence-electron chi connectivity index (χ3n) is 4.42. The van der Waals surface area contributed by atoms with Crippen LogP contribution in [0.1, 0.15) is 45.1 Å². The van der Waals surface area contributed by atoms with Crippen LogP contribution in [0.5, 0.6) is 0 Å². The molecule has 1 fully saturated rings. The van der Waals surface area contributed by atoms with E-state index in [0.717, 1.165) is 42.6 Å². The van der Waals surface area contributed by atoms with Gasteiger partial charge in [0, 0.05) is 24.1 Å². The number of ether oxygens (including phenoxy) is 1. The minimum atomic E-state index is 0.307. The van der Waals surface area contributed by atoms with E-state index in [2.05, 4.69) is 39.4 Å². The molecule has 6 nitrogen and oxygen atoms in total. The molecule has 3 rings (SSSR count). The first-order valence-electron chi connectivity index (χ1n) is 9.02. The fourth-order valence-electron chi connectivity index (χ4n) is 3.15. The van der Waals surface area contributed by atoms with Crippen LogP contribution < -0.4 is 10.6 Å². The average molecular weight is 341 g/mol. The van der Waals surface area contributed by atoms with E-state index in [4.69, 9.17) is 4.74 Å². The van der Waals surface area contributed by atoms with Crippen molar-refractivity contribution in [1.82, 2.24) is 15.0 Å². The highest BCUT2D eigenvalue weighted by Gasteiger charge is 2.22. The fraction of sp³-hybridized carbons (Fsp3) is 0.526. The number of hydrogen-bond acceptors (Lipinski definition) is 6. The first-order valence-corrected chi connectivity index (χ1v) is 9.02. The quantitative estimate of drug-likeness (QED) is 0.825. The first-order chi connectivity index (χ1) is 12.1. The molecule has 0 spiro atoms. The lowest BCUT2D eigenvalue weighted by Crippen LogP contribution is -2.31. The highest BCUT2D eigenvalue weighted by molar-refractivity contribution is 5.61. The molecule has 1 aliphatic rings. The van der Waals surface area contributed by atoms with Crippen molar-refractivity contribution in [2.45, 2.75) is 64.7 Å². The van der Waals surface area contributed by atoms with Crippen molar-refractivity contribution in [3.05, 3.63) is 36.4 Å². The summed E-state index contributed by atoms with van der Waals surface area (Å²) >= 11 is 0. The molecule has 0 unspecified atom stereocenters. The number of nitrogens with zero attached hydrogens (tertiary/aromatic N) is 3. The predicted molar refractivity (Wildman–Crippen MR) is 100 cm³/mol. The van der Waals surface area contributed by atoms with Gasteiger partial charge in [-0.3, -0.25) is 4.98 Å². The maximum atomic E-state index is 5.90. The second-order valence-corrected chi connectivity index (χ2v) is 6.91. The van der Waals surface area contributed by atoms with Gasteiger partial charge in [0.15, 0.2) is 0 Å². The van der Waals surface area contributed by atoms with Gasteiger partial charge in [-0.2, -0.15) is 0 Å². The van der Waals surface area contributed by atoms with Crippen LogP contribution in [0.25, 0.3) is 0 Å². The number of hydrogen-bond donors (Lipinski definition) is 2. The monoisotopic (exact) mass is 341 g/mol. The van der Waals surface area contributed by atoms with E-state index >= 15 is 0 Å². The maximum absolute atomic E-state index is 5.90. The average Bonchev–Trinajstić information content (AvgIpc) is 2.60. The van der Waals surface area contributed by atoms with Crippen LogP contribution in [-0.4, -0.2) is 33.2 Å². The summed E-state index contributed by atoms with van der Waals surface area (Å²) in [4.78, 5) is 13.0. The van der Waals surface area contributed by atoms with E-state index in [1.165, 1.54) is 0 Å². The molecule has 0 aliphatic heterocycles. The molecule has 2 aromatic heterocycles. The van der Waals surface area contributed by atoms with Gasteiger partial charge in [0.2, 0.25) is 5.95 Å². The van der Waals surface area contributed by atoms with Gasteiger partial charge in [0.05, 0.1) is 30.3 Å². The van der Waals surface area contributed by atoms with Crippen LogP contribution in [0.15, 0.2) is 30.9 Å². The van der Waals surface area contributed by atoms with Gasteiger partial charge < -0.3 is 15.4 Å². The summed E-state index contributed by atoms with van der Waals surface area (Å²) in [6.45, 7) is 6.22. The SMILES string of the molecule is Cc1cnccc1Nc1cnc(NC2CCC(OC(C)C)CC2)nc1. The number of aromatic nitrogens is 3. The molecule has 6 heteroatoms. The zero-order valence-corrected chi connectivity index (χ0v) is 15.2. The van der Waals surface area contributed by atoms with Crippen molar-refractivity contribution in [3.8, 4) is 0 Å². The summed E-state index contributed by atoms with van der Waals surface area (Å²) in [5.41, 5.74) is 2.97. The Bertz CT molecular complexity index is 666. The van der Waals surface area contributed by atoms with Crippen LogP contribution in [0.2, 0.25) is 0 Å². The molecular formula is C19H27N5O. The highest BCUT2D eigenvalue weighted by atomic mass is 16.5. The van der Waals surface area contributed by atoms with Gasteiger partial charge in [-0.25, -0.2) is 9.97 Å². The Labute approximate surface area is 149 Å². The summed E-state index contributed by atoms with van der Waals surface area (Å²) in [5, 5.41) is 6.76. The fourth-order valence-corrected chi connectivity index (χ4v) is 3.15. The van der Waals surface area contributed by atoms with Crippen LogP contribution in [0.3, 0.4) is 0 Å². The van der Waals surface area contributed by atoms with Crippen molar-refractivity contribution < 1.29 is 4.74 Å². The molecule has 0 radical (unpaired) electrons. The van der Waals surface area contributed by atoms with Crippen molar-refractivity contribution in [2.24, 2.45) is 0 Å². The normalized spacial score (nSPS) is 20.5. The minimum absolute atomic E-state index is 0.307. The van der Waals surface area contributed by atoms with Crippen molar-refractivity contribution in [1.29, 1.82) is 0 Å². The Kier molecular flexibility index (Phi) is 5.81. The molecular weight excluding hydrogens is 314 g/mol.